The summed E-state index contributed by atoms with van der Waals surface area (Å²) in [5, 5.41) is 6.64. The number of morpholine rings is 1. The van der Waals surface area contributed by atoms with Crippen molar-refractivity contribution >= 4 is 16.0 Å². The smallest absolute Gasteiger partial charge is 0.218 e. The first-order chi connectivity index (χ1) is 14.9. The van der Waals surface area contributed by atoms with Crippen molar-refractivity contribution in [1.82, 2.24) is 14.9 Å². The molecular weight excluding hydrogens is 412 g/mol. The molecule has 1 heterocycles. The van der Waals surface area contributed by atoms with Gasteiger partial charge in [-0.2, -0.15) is 4.31 Å². The van der Waals surface area contributed by atoms with Crippen LogP contribution in [0.3, 0.4) is 0 Å². The molecule has 1 aliphatic heterocycles. The highest BCUT2D eigenvalue weighted by atomic mass is 32.2. The van der Waals surface area contributed by atoms with Crippen LogP contribution in [0.4, 0.5) is 0 Å². The number of sulfonamides is 1. The van der Waals surface area contributed by atoms with Crippen molar-refractivity contribution in [3.8, 4) is 0 Å². The summed E-state index contributed by atoms with van der Waals surface area (Å²) in [5.74, 6) is 0.658. The number of guanidine groups is 1. The minimum atomic E-state index is -3.38. The second-order valence-corrected chi connectivity index (χ2v) is 9.71. The van der Waals surface area contributed by atoms with Crippen molar-refractivity contribution in [2.24, 2.45) is 4.99 Å². The first-order valence-corrected chi connectivity index (χ1v) is 12.1. The predicted molar refractivity (Wildman–Crippen MR) is 124 cm³/mol. The predicted octanol–water partition coefficient (Wildman–Crippen LogP) is 2.33. The van der Waals surface area contributed by atoms with Gasteiger partial charge in [0.15, 0.2) is 5.96 Å². The Balaban J connectivity index is 1.61. The quantitative estimate of drug-likeness (QED) is 0.506. The van der Waals surface area contributed by atoms with Gasteiger partial charge in [0.25, 0.3) is 0 Å². The van der Waals surface area contributed by atoms with Crippen molar-refractivity contribution < 1.29 is 13.2 Å². The van der Waals surface area contributed by atoms with Gasteiger partial charge in [-0.15, -0.1) is 0 Å². The van der Waals surface area contributed by atoms with E-state index in [1.165, 1.54) is 21.0 Å². The summed E-state index contributed by atoms with van der Waals surface area (Å²) in [6.45, 7) is 7.07. The van der Waals surface area contributed by atoms with Gasteiger partial charge in [-0.1, -0.05) is 48.0 Å². The molecule has 0 bridgehead atoms. The van der Waals surface area contributed by atoms with Crippen molar-refractivity contribution in [3.63, 3.8) is 0 Å². The molecular formula is C23H32N4O3S. The molecule has 0 unspecified atom stereocenters. The number of ether oxygens (including phenoxy) is 1. The summed E-state index contributed by atoms with van der Waals surface area (Å²) in [7, 11) is -1.65. The Labute approximate surface area is 185 Å². The molecule has 1 aliphatic rings. The van der Waals surface area contributed by atoms with Crippen LogP contribution in [0.5, 0.6) is 0 Å². The van der Waals surface area contributed by atoms with Crippen LogP contribution in [0.1, 0.15) is 27.8 Å². The zero-order chi connectivity index (χ0) is 22.3. The summed E-state index contributed by atoms with van der Waals surface area (Å²) in [6, 6.07) is 14.0. The zero-order valence-corrected chi connectivity index (χ0v) is 19.3. The van der Waals surface area contributed by atoms with Gasteiger partial charge in [-0.25, -0.2) is 8.42 Å². The first-order valence-electron chi connectivity index (χ1n) is 10.5. The molecule has 0 amide bonds. The highest BCUT2D eigenvalue weighted by molar-refractivity contribution is 7.88. The monoisotopic (exact) mass is 444 g/mol. The molecule has 1 fully saturated rings. The van der Waals surface area contributed by atoms with E-state index in [0.717, 1.165) is 11.1 Å². The molecule has 0 aliphatic carbocycles. The summed E-state index contributed by atoms with van der Waals surface area (Å²) in [6.07, 6.45) is 0. The highest BCUT2D eigenvalue weighted by Crippen LogP contribution is 2.17. The van der Waals surface area contributed by atoms with Crippen LogP contribution in [0.15, 0.2) is 47.5 Å². The SMILES string of the molecule is CN=C(NCc1ccc(C)cc1C)NCc1ccccc1CS(=O)(=O)N1CCOCC1. The Morgan fingerprint density at radius 3 is 2.29 bits per heavy atom. The third kappa shape index (κ3) is 6.53. The maximum atomic E-state index is 12.8. The number of aryl methyl sites for hydroxylation is 2. The van der Waals surface area contributed by atoms with Crippen LogP contribution >= 0.6 is 0 Å². The van der Waals surface area contributed by atoms with Crippen LogP contribution in [-0.2, 0) is 33.6 Å². The summed E-state index contributed by atoms with van der Waals surface area (Å²) >= 11 is 0. The molecule has 0 saturated carbocycles. The molecule has 1 saturated heterocycles. The van der Waals surface area contributed by atoms with Gasteiger partial charge in [-0.05, 0) is 36.1 Å². The van der Waals surface area contributed by atoms with E-state index in [1.807, 2.05) is 24.3 Å². The molecule has 0 atom stereocenters. The molecule has 8 heteroatoms. The fraction of sp³-hybridized carbons (Fsp3) is 0.435. The van der Waals surface area contributed by atoms with Gasteiger partial charge in [0.1, 0.15) is 0 Å². The average Bonchev–Trinajstić information content (AvgIpc) is 2.76. The van der Waals surface area contributed by atoms with E-state index >= 15 is 0 Å². The number of aliphatic imine (C=N–C) groups is 1. The summed E-state index contributed by atoms with van der Waals surface area (Å²) in [5.41, 5.74) is 5.43. The number of nitrogens with one attached hydrogen (secondary N) is 2. The van der Waals surface area contributed by atoms with Gasteiger partial charge < -0.3 is 15.4 Å². The second kappa shape index (κ2) is 10.7. The zero-order valence-electron chi connectivity index (χ0n) is 18.5. The number of benzene rings is 2. The molecule has 2 aromatic carbocycles. The number of nitrogens with zero attached hydrogens (tertiary/aromatic N) is 2. The van der Waals surface area contributed by atoms with Gasteiger partial charge in [0, 0.05) is 33.2 Å². The molecule has 2 N–H and O–H groups in total. The van der Waals surface area contributed by atoms with Crippen LogP contribution in [0, 0.1) is 13.8 Å². The summed E-state index contributed by atoms with van der Waals surface area (Å²) < 4.78 is 32.5. The molecule has 0 spiro atoms. The van der Waals surface area contributed by atoms with Gasteiger partial charge in [0.05, 0.1) is 19.0 Å². The first kappa shape index (κ1) is 23.2. The van der Waals surface area contributed by atoms with E-state index in [0.29, 0.717) is 45.4 Å². The van der Waals surface area contributed by atoms with E-state index in [1.54, 1.807) is 7.05 Å². The van der Waals surface area contributed by atoms with Gasteiger partial charge in [-0.3, -0.25) is 4.99 Å². The van der Waals surface area contributed by atoms with Crippen molar-refractivity contribution in [2.45, 2.75) is 32.7 Å². The van der Waals surface area contributed by atoms with Crippen LogP contribution < -0.4 is 10.6 Å². The number of hydrogen-bond acceptors (Lipinski definition) is 4. The minimum Gasteiger partial charge on any atom is -0.379 e. The van der Waals surface area contributed by atoms with Crippen LogP contribution in [0.2, 0.25) is 0 Å². The normalized spacial score (nSPS) is 15.6. The maximum absolute atomic E-state index is 12.8. The molecule has 7 nitrogen and oxygen atoms in total. The fourth-order valence-corrected chi connectivity index (χ4v) is 5.17. The topological polar surface area (TPSA) is 83.0 Å². The summed E-state index contributed by atoms with van der Waals surface area (Å²) in [4.78, 5) is 4.30. The Morgan fingerprint density at radius 2 is 1.65 bits per heavy atom. The van der Waals surface area contributed by atoms with E-state index in [-0.39, 0.29) is 5.75 Å². The van der Waals surface area contributed by atoms with E-state index in [2.05, 4.69) is 47.7 Å². The van der Waals surface area contributed by atoms with E-state index < -0.39 is 10.0 Å². The second-order valence-electron chi connectivity index (χ2n) is 7.75. The maximum Gasteiger partial charge on any atom is 0.218 e. The Bertz CT molecular complexity index is 1020. The fourth-order valence-electron chi connectivity index (χ4n) is 3.61. The molecule has 2 aromatic rings. The van der Waals surface area contributed by atoms with Gasteiger partial charge in [0.2, 0.25) is 10.0 Å². The molecule has 0 aromatic heterocycles. The third-order valence-electron chi connectivity index (χ3n) is 5.43. The lowest BCUT2D eigenvalue weighted by Gasteiger charge is -2.26. The van der Waals surface area contributed by atoms with Crippen molar-refractivity contribution in [2.75, 3.05) is 33.4 Å². The van der Waals surface area contributed by atoms with Gasteiger partial charge >= 0.3 is 0 Å². The lowest BCUT2D eigenvalue weighted by atomic mass is 10.1. The number of rotatable bonds is 7. The van der Waals surface area contributed by atoms with E-state index in [4.69, 9.17) is 4.74 Å². The third-order valence-corrected chi connectivity index (χ3v) is 7.26. The molecule has 31 heavy (non-hydrogen) atoms. The Hall–Kier alpha value is -2.42. The lowest BCUT2D eigenvalue weighted by molar-refractivity contribution is 0.0729. The highest BCUT2D eigenvalue weighted by Gasteiger charge is 2.25. The van der Waals surface area contributed by atoms with Crippen LogP contribution in [-0.4, -0.2) is 52.0 Å². The van der Waals surface area contributed by atoms with Crippen molar-refractivity contribution in [1.29, 1.82) is 0 Å². The molecule has 3 rings (SSSR count). The lowest BCUT2D eigenvalue weighted by Crippen LogP contribution is -2.41. The Kier molecular flexibility index (Phi) is 8.06. The standard InChI is InChI=1S/C23H32N4O3S/c1-18-8-9-20(19(2)14-18)15-25-23(24-3)26-16-21-6-4-5-7-22(21)17-31(28,29)27-10-12-30-13-11-27/h4-9,14H,10-13,15-17H2,1-3H3,(H2,24,25,26). The average molecular weight is 445 g/mol. The Morgan fingerprint density at radius 1 is 1.00 bits per heavy atom. The molecule has 168 valence electrons. The number of hydrogen-bond donors (Lipinski definition) is 2. The minimum absolute atomic E-state index is 0.0144. The van der Waals surface area contributed by atoms with Crippen LogP contribution in [0.25, 0.3) is 0 Å². The largest absolute Gasteiger partial charge is 0.379 e. The van der Waals surface area contributed by atoms with E-state index in [9.17, 15) is 8.42 Å². The molecule has 0 radical (unpaired) electrons. The van der Waals surface area contributed by atoms with Crippen molar-refractivity contribution in [3.05, 3.63) is 70.3 Å².